The number of benzene rings is 2. The van der Waals surface area contributed by atoms with E-state index in [4.69, 9.17) is 10.2 Å². The third-order valence-electron chi connectivity index (χ3n) is 4.07. The lowest BCUT2D eigenvalue weighted by Gasteiger charge is -2.08. The zero-order valence-electron chi connectivity index (χ0n) is 14.9. The number of nitrogens with zero attached hydrogens (tertiary/aromatic N) is 1. The van der Waals surface area contributed by atoms with Crippen molar-refractivity contribution in [1.82, 2.24) is 10.9 Å². The third-order valence-corrected chi connectivity index (χ3v) is 4.07. The largest absolute Gasteiger partial charge is 0.502 e. The fraction of sp³-hybridized carbons (Fsp3) is 0.0526. The van der Waals surface area contributed by atoms with Gasteiger partial charge in [-0.2, -0.15) is 0 Å². The highest BCUT2D eigenvalue weighted by Gasteiger charge is 2.20. The minimum atomic E-state index is -0.824. The quantitative estimate of drug-likeness (QED) is 0.379. The summed E-state index contributed by atoms with van der Waals surface area (Å²) >= 11 is 0. The molecule has 0 aliphatic rings. The number of nitro groups is 1. The van der Waals surface area contributed by atoms with Crippen LogP contribution in [0.15, 0.2) is 59.2 Å². The Hall–Kier alpha value is -4.18. The number of amides is 2. The highest BCUT2D eigenvalue weighted by molar-refractivity contribution is 6.01. The molecule has 2 aromatic carbocycles. The third kappa shape index (κ3) is 4.22. The molecule has 0 fully saturated rings. The number of nitrogens with two attached hydrogens (primary N) is 1. The van der Waals surface area contributed by atoms with E-state index in [9.17, 15) is 24.8 Å². The lowest BCUT2D eigenvalue weighted by Crippen LogP contribution is -2.41. The van der Waals surface area contributed by atoms with Gasteiger partial charge in [-0.1, -0.05) is 18.2 Å². The van der Waals surface area contributed by atoms with Crippen LogP contribution in [0.4, 0.5) is 5.69 Å². The lowest BCUT2D eigenvalue weighted by molar-refractivity contribution is -0.385. The summed E-state index contributed by atoms with van der Waals surface area (Å²) in [5.41, 5.74) is 11.3. The van der Waals surface area contributed by atoms with Crippen LogP contribution in [0.3, 0.4) is 0 Å². The van der Waals surface area contributed by atoms with Crippen LogP contribution in [-0.2, 0) is 6.54 Å². The maximum absolute atomic E-state index is 12.4. The van der Waals surface area contributed by atoms with Crippen LogP contribution in [0.1, 0.15) is 26.5 Å². The van der Waals surface area contributed by atoms with E-state index in [-0.39, 0.29) is 11.3 Å². The molecule has 0 aliphatic carbocycles. The van der Waals surface area contributed by atoms with Crippen molar-refractivity contribution in [3.05, 3.63) is 81.8 Å². The smallest absolute Gasteiger partial charge is 0.311 e. The number of hydrogen-bond acceptors (Lipinski definition) is 7. The fourth-order valence-electron chi connectivity index (χ4n) is 2.63. The van der Waals surface area contributed by atoms with Gasteiger partial charge in [-0.15, -0.1) is 0 Å². The van der Waals surface area contributed by atoms with Gasteiger partial charge in [0.2, 0.25) is 5.76 Å². The van der Waals surface area contributed by atoms with Crippen LogP contribution in [0, 0.1) is 10.1 Å². The number of hydrazine groups is 1. The monoisotopic (exact) mass is 396 g/mol. The van der Waals surface area contributed by atoms with Gasteiger partial charge in [0, 0.05) is 23.7 Å². The molecule has 0 saturated heterocycles. The van der Waals surface area contributed by atoms with E-state index in [0.717, 1.165) is 17.7 Å². The number of hydrogen-bond donors (Lipinski definition) is 4. The van der Waals surface area contributed by atoms with Crippen LogP contribution in [0.2, 0.25) is 0 Å². The molecule has 0 saturated carbocycles. The molecule has 2 amide bonds. The van der Waals surface area contributed by atoms with Crippen molar-refractivity contribution in [1.29, 1.82) is 0 Å². The van der Waals surface area contributed by atoms with Crippen LogP contribution in [0.25, 0.3) is 11.1 Å². The Labute approximate surface area is 164 Å². The van der Waals surface area contributed by atoms with Gasteiger partial charge < -0.3 is 15.3 Å². The minimum absolute atomic E-state index is 0.0313. The Kier molecular flexibility index (Phi) is 5.56. The van der Waals surface area contributed by atoms with Crippen molar-refractivity contribution in [3.8, 4) is 16.9 Å². The maximum Gasteiger partial charge on any atom is 0.311 e. The minimum Gasteiger partial charge on any atom is -0.502 e. The molecular weight excluding hydrogens is 380 g/mol. The van der Waals surface area contributed by atoms with Crippen molar-refractivity contribution in [2.75, 3.05) is 0 Å². The van der Waals surface area contributed by atoms with Crippen molar-refractivity contribution >= 4 is 17.5 Å². The zero-order valence-corrected chi connectivity index (χ0v) is 14.9. The summed E-state index contributed by atoms with van der Waals surface area (Å²) < 4.78 is 5.24. The molecule has 148 valence electrons. The lowest BCUT2D eigenvalue weighted by atomic mass is 10.0. The Balaban J connectivity index is 1.74. The topological polar surface area (TPSA) is 161 Å². The van der Waals surface area contributed by atoms with Crippen molar-refractivity contribution < 1.29 is 24.0 Å². The SMILES string of the molecule is NCc1cccc(-c2ccoc2C(=O)NNC(=O)c2ccc(O)c([N+](=O)[O-])c2)c1. The summed E-state index contributed by atoms with van der Waals surface area (Å²) in [6.45, 7) is 0.335. The molecule has 29 heavy (non-hydrogen) atoms. The first-order valence-electron chi connectivity index (χ1n) is 8.35. The first-order chi connectivity index (χ1) is 13.9. The number of rotatable bonds is 5. The Morgan fingerprint density at radius 1 is 1.10 bits per heavy atom. The highest BCUT2D eigenvalue weighted by Crippen LogP contribution is 2.27. The summed E-state index contributed by atoms with van der Waals surface area (Å²) in [5.74, 6) is -2.13. The second-order valence-electron chi connectivity index (χ2n) is 5.94. The average molecular weight is 396 g/mol. The normalized spacial score (nSPS) is 10.4. The van der Waals surface area contributed by atoms with E-state index < -0.39 is 28.2 Å². The van der Waals surface area contributed by atoms with Gasteiger partial charge in [-0.3, -0.25) is 30.6 Å². The fourth-order valence-corrected chi connectivity index (χ4v) is 2.63. The maximum atomic E-state index is 12.4. The van der Waals surface area contributed by atoms with Gasteiger partial charge in [-0.05, 0) is 35.4 Å². The number of nitro benzene ring substituents is 1. The predicted octanol–water partition coefficient (Wildman–Crippen LogP) is 2.09. The number of furan rings is 1. The first kappa shape index (κ1) is 19.6. The molecule has 5 N–H and O–H groups in total. The second kappa shape index (κ2) is 8.23. The molecule has 0 atom stereocenters. The van der Waals surface area contributed by atoms with Crippen molar-refractivity contribution in [2.45, 2.75) is 6.54 Å². The van der Waals surface area contributed by atoms with Crippen LogP contribution >= 0.6 is 0 Å². The number of nitrogens with one attached hydrogen (secondary N) is 2. The second-order valence-corrected chi connectivity index (χ2v) is 5.94. The van der Waals surface area contributed by atoms with Gasteiger partial charge in [0.05, 0.1) is 11.2 Å². The number of phenols is 1. The molecule has 1 aromatic heterocycles. The standard InChI is InChI=1S/C19H16N4O6/c20-10-11-2-1-3-12(8-11)14-6-7-29-17(14)19(26)22-21-18(25)13-4-5-16(24)15(9-13)23(27)28/h1-9,24H,10,20H2,(H,21,25)(H,22,26). The van der Waals surface area contributed by atoms with Crippen molar-refractivity contribution in [2.24, 2.45) is 5.73 Å². The molecule has 3 rings (SSSR count). The zero-order chi connectivity index (χ0) is 21.0. The molecule has 0 spiro atoms. The molecule has 1 heterocycles. The Morgan fingerprint density at radius 2 is 1.86 bits per heavy atom. The van der Waals surface area contributed by atoms with Gasteiger partial charge in [-0.25, -0.2) is 0 Å². The summed E-state index contributed by atoms with van der Waals surface area (Å²) in [4.78, 5) is 34.6. The molecular formula is C19H16N4O6. The summed E-state index contributed by atoms with van der Waals surface area (Å²) in [5, 5.41) is 20.3. The molecule has 10 heteroatoms. The Bertz CT molecular complexity index is 1090. The average Bonchev–Trinajstić information content (AvgIpc) is 3.22. The van der Waals surface area contributed by atoms with Crippen LogP contribution in [-0.4, -0.2) is 21.8 Å². The highest BCUT2D eigenvalue weighted by atomic mass is 16.6. The molecule has 3 aromatic rings. The van der Waals surface area contributed by atoms with Crippen LogP contribution < -0.4 is 16.6 Å². The van der Waals surface area contributed by atoms with E-state index in [1.807, 2.05) is 12.1 Å². The van der Waals surface area contributed by atoms with Gasteiger partial charge in [0.25, 0.3) is 5.91 Å². The number of aromatic hydroxyl groups is 1. The number of carbonyl (C=O) groups is 2. The van der Waals surface area contributed by atoms with E-state index >= 15 is 0 Å². The van der Waals surface area contributed by atoms with Crippen molar-refractivity contribution in [3.63, 3.8) is 0 Å². The first-order valence-corrected chi connectivity index (χ1v) is 8.35. The molecule has 10 nitrogen and oxygen atoms in total. The number of carbonyl (C=O) groups excluding carboxylic acids is 2. The summed E-state index contributed by atoms with van der Waals surface area (Å²) in [7, 11) is 0. The van der Waals surface area contributed by atoms with E-state index in [2.05, 4.69) is 10.9 Å². The molecule has 0 unspecified atom stereocenters. The number of phenolic OH excluding ortho intramolecular Hbond substituents is 1. The van der Waals surface area contributed by atoms with E-state index in [1.165, 1.54) is 12.3 Å². The van der Waals surface area contributed by atoms with E-state index in [0.29, 0.717) is 17.7 Å². The van der Waals surface area contributed by atoms with Gasteiger partial charge >= 0.3 is 11.6 Å². The molecule has 0 bridgehead atoms. The molecule has 0 radical (unpaired) electrons. The summed E-state index contributed by atoms with van der Waals surface area (Å²) in [6, 6.07) is 11.9. The predicted molar refractivity (Wildman–Crippen MR) is 102 cm³/mol. The van der Waals surface area contributed by atoms with Crippen LogP contribution in [0.5, 0.6) is 5.75 Å². The summed E-state index contributed by atoms with van der Waals surface area (Å²) in [6.07, 6.45) is 1.34. The van der Waals surface area contributed by atoms with Gasteiger partial charge in [0.15, 0.2) is 5.75 Å². The van der Waals surface area contributed by atoms with E-state index in [1.54, 1.807) is 18.2 Å². The van der Waals surface area contributed by atoms with Gasteiger partial charge in [0.1, 0.15) is 0 Å². The molecule has 0 aliphatic heterocycles. The Morgan fingerprint density at radius 3 is 2.59 bits per heavy atom.